The largest absolute Gasteiger partial charge is 0.494 e. The number of aromatic nitrogens is 1. The van der Waals surface area contributed by atoms with Crippen molar-refractivity contribution >= 4 is 23.2 Å². The number of carbonyl (C=O) groups is 2. The Kier molecular flexibility index (Phi) is 7.86. The van der Waals surface area contributed by atoms with Crippen LogP contribution in [0.5, 0.6) is 17.2 Å². The predicted octanol–water partition coefficient (Wildman–Crippen LogP) is 5.27. The lowest BCUT2D eigenvalue weighted by molar-refractivity contribution is 0.0913. The van der Waals surface area contributed by atoms with E-state index >= 15 is 0 Å². The zero-order chi connectivity index (χ0) is 25.8. The first-order valence-electron chi connectivity index (χ1n) is 11.5. The van der Waals surface area contributed by atoms with Crippen LogP contribution in [0.3, 0.4) is 0 Å². The Morgan fingerprint density at radius 3 is 2.33 bits per heavy atom. The standard InChI is InChI=1S/C27H26ClFN2O5/c1-34-25-10-6-21(31-27(25)16-3-5-20(29)19(28)11-16)23(33)8-7-22(32)15-4-9-24(26(12-15)35-2)36-18-13-17(30)14-18/h3-6,9-12,17-18H,7-8,13-14,30H2,1-2H3. The predicted molar refractivity (Wildman–Crippen MR) is 134 cm³/mol. The van der Waals surface area contributed by atoms with Gasteiger partial charge in [0.2, 0.25) is 0 Å². The monoisotopic (exact) mass is 512 g/mol. The Bertz CT molecular complexity index is 1290. The molecule has 36 heavy (non-hydrogen) atoms. The molecule has 7 nitrogen and oxygen atoms in total. The molecule has 1 aromatic heterocycles. The summed E-state index contributed by atoms with van der Waals surface area (Å²) in [5.41, 5.74) is 7.24. The fourth-order valence-electron chi connectivity index (χ4n) is 3.94. The minimum Gasteiger partial charge on any atom is -0.494 e. The van der Waals surface area contributed by atoms with E-state index in [0.29, 0.717) is 34.1 Å². The van der Waals surface area contributed by atoms with Crippen LogP contribution in [-0.4, -0.2) is 42.9 Å². The summed E-state index contributed by atoms with van der Waals surface area (Å²) in [4.78, 5) is 30.1. The third kappa shape index (κ3) is 5.66. The fraction of sp³-hybridized carbons (Fsp3) is 0.296. The van der Waals surface area contributed by atoms with Crippen LogP contribution in [0, 0.1) is 5.82 Å². The van der Waals surface area contributed by atoms with Gasteiger partial charge in [-0.2, -0.15) is 0 Å². The summed E-state index contributed by atoms with van der Waals surface area (Å²) in [5.74, 6) is 0.328. The first kappa shape index (κ1) is 25.6. The normalized spacial score (nSPS) is 16.7. The molecule has 1 fully saturated rings. The van der Waals surface area contributed by atoms with E-state index in [2.05, 4.69) is 4.98 Å². The van der Waals surface area contributed by atoms with Gasteiger partial charge in [-0.3, -0.25) is 9.59 Å². The number of hydrogen-bond acceptors (Lipinski definition) is 7. The quantitative estimate of drug-likeness (QED) is 0.369. The highest BCUT2D eigenvalue weighted by Crippen LogP contribution is 2.34. The molecule has 188 valence electrons. The molecule has 0 unspecified atom stereocenters. The average Bonchev–Trinajstić information content (AvgIpc) is 2.87. The summed E-state index contributed by atoms with van der Waals surface area (Å²) in [7, 11) is 2.98. The van der Waals surface area contributed by atoms with E-state index in [4.69, 9.17) is 31.5 Å². The average molecular weight is 513 g/mol. The fourth-order valence-corrected chi connectivity index (χ4v) is 4.12. The number of rotatable bonds is 10. The summed E-state index contributed by atoms with van der Waals surface area (Å²) < 4.78 is 30.2. The van der Waals surface area contributed by atoms with Gasteiger partial charge in [0.15, 0.2) is 23.1 Å². The van der Waals surface area contributed by atoms with E-state index in [1.807, 2.05) is 0 Å². The molecule has 1 aliphatic carbocycles. The Morgan fingerprint density at radius 2 is 1.67 bits per heavy atom. The number of nitrogens with zero attached hydrogens (tertiary/aromatic N) is 1. The molecule has 4 rings (SSSR count). The third-order valence-electron chi connectivity index (χ3n) is 6.05. The first-order chi connectivity index (χ1) is 17.3. The van der Waals surface area contributed by atoms with Crippen molar-refractivity contribution in [2.45, 2.75) is 37.8 Å². The van der Waals surface area contributed by atoms with E-state index in [0.717, 1.165) is 12.8 Å². The van der Waals surface area contributed by atoms with Crippen molar-refractivity contribution in [2.24, 2.45) is 5.73 Å². The highest BCUT2D eigenvalue weighted by atomic mass is 35.5. The number of ether oxygens (including phenoxy) is 3. The summed E-state index contributed by atoms with van der Waals surface area (Å²) in [5, 5.41) is -0.0678. The van der Waals surface area contributed by atoms with Gasteiger partial charge in [-0.25, -0.2) is 9.37 Å². The van der Waals surface area contributed by atoms with E-state index in [9.17, 15) is 14.0 Å². The molecule has 0 aliphatic heterocycles. The van der Waals surface area contributed by atoms with E-state index in [-0.39, 0.29) is 47.3 Å². The maximum atomic E-state index is 13.6. The Morgan fingerprint density at radius 1 is 0.972 bits per heavy atom. The van der Waals surface area contributed by atoms with Gasteiger partial charge in [0.05, 0.1) is 19.2 Å². The summed E-state index contributed by atoms with van der Waals surface area (Å²) in [6.07, 6.45) is 1.55. The third-order valence-corrected chi connectivity index (χ3v) is 6.34. The van der Waals surface area contributed by atoms with Crippen molar-refractivity contribution in [1.82, 2.24) is 4.98 Å². The molecule has 2 aromatic carbocycles. The van der Waals surface area contributed by atoms with Gasteiger partial charge in [-0.15, -0.1) is 0 Å². The number of carbonyl (C=O) groups excluding carboxylic acids is 2. The first-order valence-corrected chi connectivity index (χ1v) is 11.8. The molecule has 1 heterocycles. The molecule has 0 radical (unpaired) electrons. The van der Waals surface area contributed by atoms with Gasteiger partial charge in [0.1, 0.15) is 29.1 Å². The maximum Gasteiger partial charge on any atom is 0.181 e. The van der Waals surface area contributed by atoms with Crippen molar-refractivity contribution in [1.29, 1.82) is 0 Å². The zero-order valence-corrected chi connectivity index (χ0v) is 20.7. The molecule has 0 bridgehead atoms. The Hall–Kier alpha value is -3.49. The molecule has 9 heteroatoms. The Labute approximate surface area is 213 Å². The van der Waals surface area contributed by atoms with Gasteiger partial charge in [-0.05, 0) is 61.4 Å². The topological polar surface area (TPSA) is 101 Å². The lowest BCUT2D eigenvalue weighted by Gasteiger charge is -2.33. The van der Waals surface area contributed by atoms with Gasteiger partial charge in [0.25, 0.3) is 0 Å². The van der Waals surface area contributed by atoms with Crippen LogP contribution >= 0.6 is 11.6 Å². The number of halogens is 2. The van der Waals surface area contributed by atoms with Crippen molar-refractivity contribution in [3.05, 3.63) is 70.6 Å². The van der Waals surface area contributed by atoms with Gasteiger partial charge >= 0.3 is 0 Å². The molecular formula is C27H26ClFN2O5. The molecule has 1 saturated carbocycles. The number of nitrogens with two attached hydrogens (primary N) is 1. The molecule has 0 amide bonds. The van der Waals surface area contributed by atoms with Crippen LogP contribution in [0.15, 0.2) is 48.5 Å². The molecule has 0 atom stereocenters. The maximum absolute atomic E-state index is 13.6. The van der Waals surface area contributed by atoms with Crippen molar-refractivity contribution < 1.29 is 28.2 Å². The van der Waals surface area contributed by atoms with Crippen LogP contribution in [0.1, 0.15) is 46.5 Å². The molecule has 0 saturated heterocycles. The summed E-state index contributed by atoms with van der Waals surface area (Å²) in [6.45, 7) is 0. The van der Waals surface area contributed by atoms with Crippen molar-refractivity contribution in [3.63, 3.8) is 0 Å². The van der Waals surface area contributed by atoms with E-state index in [1.165, 1.54) is 38.5 Å². The van der Waals surface area contributed by atoms with Crippen LogP contribution in [0.2, 0.25) is 5.02 Å². The van der Waals surface area contributed by atoms with Crippen LogP contribution in [0.25, 0.3) is 11.3 Å². The van der Waals surface area contributed by atoms with Crippen LogP contribution in [-0.2, 0) is 0 Å². The molecule has 1 aliphatic rings. The zero-order valence-electron chi connectivity index (χ0n) is 19.9. The summed E-state index contributed by atoms with van der Waals surface area (Å²) in [6, 6.07) is 12.4. The van der Waals surface area contributed by atoms with Gasteiger partial charge < -0.3 is 19.9 Å². The number of hydrogen-bond donors (Lipinski definition) is 1. The minimum atomic E-state index is -0.561. The van der Waals surface area contributed by atoms with Crippen molar-refractivity contribution in [2.75, 3.05) is 14.2 Å². The number of Topliss-reactive ketones (excluding diaryl/α,β-unsaturated/α-hetero) is 2. The highest BCUT2D eigenvalue weighted by Gasteiger charge is 2.28. The number of methoxy groups -OCH3 is 2. The SMILES string of the molecule is COc1cc(C(=O)CCC(=O)c2ccc(OC)c(-c3ccc(F)c(Cl)c3)n2)ccc1OC1CC(N)C1. The highest BCUT2D eigenvalue weighted by molar-refractivity contribution is 6.31. The molecule has 2 N–H and O–H groups in total. The van der Waals surface area contributed by atoms with E-state index in [1.54, 1.807) is 24.3 Å². The lowest BCUT2D eigenvalue weighted by atomic mass is 9.90. The molecule has 3 aromatic rings. The molecular weight excluding hydrogens is 487 g/mol. The van der Waals surface area contributed by atoms with Crippen LogP contribution < -0.4 is 19.9 Å². The smallest absolute Gasteiger partial charge is 0.181 e. The Balaban J connectivity index is 1.44. The van der Waals surface area contributed by atoms with Crippen molar-refractivity contribution in [3.8, 4) is 28.5 Å². The second-order valence-electron chi connectivity index (χ2n) is 8.56. The minimum absolute atomic E-state index is 0.00884. The van der Waals surface area contributed by atoms with Crippen LogP contribution in [0.4, 0.5) is 4.39 Å². The summed E-state index contributed by atoms with van der Waals surface area (Å²) >= 11 is 5.91. The second-order valence-corrected chi connectivity index (χ2v) is 8.97. The number of benzene rings is 2. The van der Waals surface area contributed by atoms with E-state index < -0.39 is 5.82 Å². The number of pyridine rings is 1. The lowest BCUT2D eigenvalue weighted by Crippen LogP contribution is -2.43. The van der Waals surface area contributed by atoms with Gasteiger partial charge in [0, 0.05) is 30.0 Å². The van der Waals surface area contributed by atoms with Gasteiger partial charge in [-0.1, -0.05) is 11.6 Å². The second kappa shape index (κ2) is 11.1. The molecule has 0 spiro atoms. The number of ketones is 2.